The highest BCUT2D eigenvalue weighted by Gasteiger charge is 2.19. The Hall–Kier alpha value is -2.46. The molecular weight excluding hydrogens is 254 g/mol. The normalized spacial score (nSPS) is 16.1. The first-order chi connectivity index (χ1) is 9.76. The van der Waals surface area contributed by atoms with Gasteiger partial charge >= 0.3 is 0 Å². The van der Waals surface area contributed by atoms with Gasteiger partial charge in [-0.25, -0.2) is 0 Å². The van der Waals surface area contributed by atoms with Gasteiger partial charge in [-0.1, -0.05) is 0 Å². The summed E-state index contributed by atoms with van der Waals surface area (Å²) >= 11 is 0. The number of H-pyrrole nitrogens is 1. The molecule has 7 nitrogen and oxygen atoms in total. The second kappa shape index (κ2) is 5.27. The Kier molecular flexibility index (Phi) is 3.31. The molecule has 102 valence electrons. The molecule has 0 radical (unpaired) electrons. The van der Waals surface area contributed by atoms with E-state index in [1.54, 1.807) is 12.1 Å². The number of nitriles is 1. The molecule has 0 aliphatic carbocycles. The number of anilines is 1. The van der Waals surface area contributed by atoms with Crippen LogP contribution in [-0.4, -0.2) is 39.3 Å². The maximum Gasteiger partial charge on any atom is 0.245 e. The molecule has 1 fully saturated rings. The Labute approximate surface area is 116 Å². The van der Waals surface area contributed by atoms with E-state index in [0.29, 0.717) is 23.0 Å². The quantitative estimate of drug-likeness (QED) is 0.829. The minimum atomic E-state index is 0.282. The third-order valence-corrected chi connectivity index (χ3v) is 3.43. The third-order valence-electron chi connectivity index (χ3n) is 3.43. The molecule has 0 saturated carbocycles. The SMILES string of the molecule is N#Cc1ccc(-c2nc(N3CCC(N)CC3)n[nH]2)nc1. The van der Waals surface area contributed by atoms with Crippen LogP contribution in [0.2, 0.25) is 0 Å². The zero-order chi connectivity index (χ0) is 13.9. The Balaban J connectivity index is 1.77. The summed E-state index contributed by atoms with van der Waals surface area (Å²) in [4.78, 5) is 10.8. The predicted octanol–water partition coefficient (Wildman–Crippen LogP) is 0.666. The molecule has 0 unspecified atom stereocenters. The van der Waals surface area contributed by atoms with Gasteiger partial charge in [0, 0.05) is 25.3 Å². The lowest BCUT2D eigenvalue weighted by Crippen LogP contribution is -2.40. The average molecular weight is 269 g/mol. The minimum Gasteiger partial charge on any atom is -0.339 e. The summed E-state index contributed by atoms with van der Waals surface area (Å²) in [6.07, 6.45) is 3.44. The summed E-state index contributed by atoms with van der Waals surface area (Å²) in [5.74, 6) is 1.29. The van der Waals surface area contributed by atoms with Crippen molar-refractivity contribution in [2.45, 2.75) is 18.9 Å². The number of nitrogens with one attached hydrogen (secondary N) is 1. The summed E-state index contributed by atoms with van der Waals surface area (Å²) in [5, 5.41) is 15.9. The van der Waals surface area contributed by atoms with Crippen molar-refractivity contribution in [1.29, 1.82) is 5.26 Å². The Morgan fingerprint density at radius 3 is 2.80 bits per heavy atom. The van der Waals surface area contributed by atoms with Crippen molar-refractivity contribution in [1.82, 2.24) is 20.2 Å². The van der Waals surface area contributed by atoms with Crippen LogP contribution in [0.3, 0.4) is 0 Å². The molecule has 3 N–H and O–H groups in total. The number of nitrogens with two attached hydrogens (primary N) is 1. The predicted molar refractivity (Wildman–Crippen MR) is 73.8 cm³/mol. The Bertz CT molecular complexity index is 617. The van der Waals surface area contributed by atoms with Crippen LogP contribution in [0.15, 0.2) is 18.3 Å². The summed E-state index contributed by atoms with van der Waals surface area (Å²) in [6.45, 7) is 1.75. The number of hydrogen-bond acceptors (Lipinski definition) is 6. The molecule has 2 aromatic rings. The molecule has 1 aliphatic heterocycles. The second-order valence-electron chi connectivity index (χ2n) is 4.85. The van der Waals surface area contributed by atoms with E-state index in [1.165, 1.54) is 6.20 Å². The zero-order valence-corrected chi connectivity index (χ0v) is 11.0. The number of nitrogens with zero attached hydrogens (tertiary/aromatic N) is 5. The summed E-state index contributed by atoms with van der Waals surface area (Å²) in [7, 11) is 0. The molecule has 1 aliphatic rings. The largest absolute Gasteiger partial charge is 0.339 e. The van der Waals surface area contributed by atoms with Crippen molar-refractivity contribution in [2.24, 2.45) is 5.73 Å². The highest BCUT2D eigenvalue weighted by atomic mass is 15.4. The van der Waals surface area contributed by atoms with Gasteiger partial charge in [-0.05, 0) is 25.0 Å². The summed E-state index contributed by atoms with van der Waals surface area (Å²) in [5.41, 5.74) is 7.09. The van der Waals surface area contributed by atoms with Crippen LogP contribution >= 0.6 is 0 Å². The van der Waals surface area contributed by atoms with Crippen molar-refractivity contribution in [2.75, 3.05) is 18.0 Å². The molecule has 0 bridgehead atoms. The first-order valence-corrected chi connectivity index (χ1v) is 6.56. The molecule has 0 spiro atoms. The van der Waals surface area contributed by atoms with Gasteiger partial charge in [0.05, 0.1) is 5.56 Å². The fourth-order valence-electron chi connectivity index (χ4n) is 2.21. The first-order valence-electron chi connectivity index (χ1n) is 6.56. The molecule has 0 atom stereocenters. The summed E-state index contributed by atoms with van der Waals surface area (Å²) in [6, 6.07) is 5.79. The second-order valence-corrected chi connectivity index (χ2v) is 4.85. The summed E-state index contributed by atoms with van der Waals surface area (Å²) < 4.78 is 0. The first kappa shape index (κ1) is 12.6. The lowest BCUT2D eigenvalue weighted by atomic mass is 10.1. The highest BCUT2D eigenvalue weighted by molar-refractivity contribution is 5.52. The molecule has 2 aromatic heterocycles. The van der Waals surface area contributed by atoms with E-state index >= 15 is 0 Å². The maximum atomic E-state index is 8.75. The number of pyridine rings is 1. The lowest BCUT2D eigenvalue weighted by molar-refractivity contribution is 0.496. The van der Waals surface area contributed by atoms with E-state index in [2.05, 4.69) is 25.1 Å². The number of rotatable bonds is 2. The molecule has 0 amide bonds. The minimum absolute atomic E-state index is 0.282. The fraction of sp³-hybridized carbons (Fsp3) is 0.385. The maximum absolute atomic E-state index is 8.75. The van der Waals surface area contributed by atoms with Crippen LogP contribution in [0.25, 0.3) is 11.5 Å². The van der Waals surface area contributed by atoms with Crippen molar-refractivity contribution in [3.8, 4) is 17.6 Å². The molecular formula is C13H15N7. The molecule has 7 heteroatoms. The highest BCUT2D eigenvalue weighted by Crippen LogP contribution is 2.18. The van der Waals surface area contributed by atoms with E-state index in [4.69, 9.17) is 11.0 Å². The third kappa shape index (κ3) is 2.46. The van der Waals surface area contributed by atoms with Crippen LogP contribution in [0.5, 0.6) is 0 Å². The van der Waals surface area contributed by atoms with Gasteiger partial charge in [0.2, 0.25) is 5.95 Å². The molecule has 3 heterocycles. The van der Waals surface area contributed by atoms with E-state index in [-0.39, 0.29) is 6.04 Å². The smallest absolute Gasteiger partial charge is 0.245 e. The van der Waals surface area contributed by atoms with Crippen LogP contribution in [-0.2, 0) is 0 Å². The average Bonchev–Trinajstić information content (AvgIpc) is 2.98. The van der Waals surface area contributed by atoms with E-state index in [9.17, 15) is 0 Å². The van der Waals surface area contributed by atoms with Gasteiger partial charge in [-0.2, -0.15) is 10.2 Å². The monoisotopic (exact) mass is 269 g/mol. The van der Waals surface area contributed by atoms with E-state index in [0.717, 1.165) is 25.9 Å². The van der Waals surface area contributed by atoms with Crippen molar-refractivity contribution in [3.63, 3.8) is 0 Å². The number of aromatic nitrogens is 4. The molecule has 20 heavy (non-hydrogen) atoms. The van der Waals surface area contributed by atoms with Crippen molar-refractivity contribution in [3.05, 3.63) is 23.9 Å². The Morgan fingerprint density at radius 2 is 2.15 bits per heavy atom. The number of aromatic amines is 1. The van der Waals surface area contributed by atoms with Crippen LogP contribution in [0, 0.1) is 11.3 Å². The van der Waals surface area contributed by atoms with E-state index < -0.39 is 0 Å². The van der Waals surface area contributed by atoms with E-state index in [1.807, 2.05) is 6.07 Å². The van der Waals surface area contributed by atoms with Crippen LogP contribution < -0.4 is 10.6 Å². The standard InChI is InChI=1S/C13H15N7/c14-7-9-1-2-11(16-8-9)12-17-13(19-18-12)20-5-3-10(15)4-6-20/h1-2,8,10H,3-6,15H2,(H,17,18,19). The molecule has 1 saturated heterocycles. The topological polar surface area (TPSA) is 108 Å². The lowest BCUT2D eigenvalue weighted by Gasteiger charge is -2.28. The molecule has 0 aromatic carbocycles. The van der Waals surface area contributed by atoms with Crippen LogP contribution in [0.4, 0.5) is 5.95 Å². The Morgan fingerprint density at radius 1 is 1.35 bits per heavy atom. The van der Waals surface area contributed by atoms with Gasteiger partial charge in [-0.3, -0.25) is 10.1 Å². The van der Waals surface area contributed by atoms with Gasteiger partial charge in [0.25, 0.3) is 0 Å². The molecule has 3 rings (SSSR count). The van der Waals surface area contributed by atoms with Gasteiger partial charge < -0.3 is 10.6 Å². The zero-order valence-electron chi connectivity index (χ0n) is 11.0. The van der Waals surface area contributed by atoms with Crippen molar-refractivity contribution >= 4 is 5.95 Å². The van der Waals surface area contributed by atoms with Crippen molar-refractivity contribution < 1.29 is 0 Å². The van der Waals surface area contributed by atoms with Gasteiger partial charge in [0.1, 0.15) is 11.8 Å². The number of piperidine rings is 1. The van der Waals surface area contributed by atoms with Gasteiger partial charge in [0.15, 0.2) is 5.82 Å². The fourth-order valence-corrected chi connectivity index (χ4v) is 2.21. The van der Waals surface area contributed by atoms with Gasteiger partial charge in [-0.15, -0.1) is 5.10 Å². The number of hydrogen-bond donors (Lipinski definition) is 2. The van der Waals surface area contributed by atoms with Crippen LogP contribution in [0.1, 0.15) is 18.4 Å².